The van der Waals surface area contributed by atoms with Gasteiger partial charge in [-0.3, -0.25) is 24.0 Å². The van der Waals surface area contributed by atoms with Crippen molar-refractivity contribution in [3.8, 4) is 0 Å². The van der Waals surface area contributed by atoms with E-state index in [9.17, 15) is 28.1 Å². The van der Waals surface area contributed by atoms with Crippen LogP contribution in [-0.2, 0) is 32.6 Å². The Kier molecular flexibility index (Phi) is 11.0. The van der Waals surface area contributed by atoms with Gasteiger partial charge in [0.05, 0.1) is 15.5 Å². The molecule has 0 aliphatic heterocycles. The van der Waals surface area contributed by atoms with Gasteiger partial charge >= 0.3 is 0 Å². The van der Waals surface area contributed by atoms with E-state index >= 15 is 0 Å². The molecule has 234 valence electrons. The molecule has 0 saturated heterocycles. The monoisotopic (exact) mass is 628 g/mol. The van der Waals surface area contributed by atoms with E-state index in [4.69, 9.17) is 0 Å². The van der Waals surface area contributed by atoms with Gasteiger partial charge in [-0.25, -0.2) is 8.42 Å². The number of nitro benzene ring substituents is 1. The molecule has 4 aromatic rings. The summed E-state index contributed by atoms with van der Waals surface area (Å²) in [5.74, 6) is -0.963. The third kappa shape index (κ3) is 8.54. The fraction of sp³-hybridized carbons (Fsp3) is 0.235. The molecule has 4 rings (SSSR count). The van der Waals surface area contributed by atoms with Gasteiger partial charge in [0.15, 0.2) is 0 Å². The van der Waals surface area contributed by atoms with Gasteiger partial charge in [-0.15, -0.1) is 0 Å². The molecule has 1 N–H and O–H groups in total. The summed E-state index contributed by atoms with van der Waals surface area (Å²) in [6.07, 6.45) is 0.899. The van der Waals surface area contributed by atoms with E-state index in [0.29, 0.717) is 13.0 Å². The van der Waals surface area contributed by atoms with Crippen molar-refractivity contribution in [1.82, 2.24) is 10.2 Å². The first-order chi connectivity index (χ1) is 21.6. The highest BCUT2D eigenvalue weighted by Gasteiger charge is 2.34. The molecule has 0 aliphatic carbocycles. The lowest BCUT2D eigenvalue weighted by atomic mass is 10.0. The second-order valence-corrected chi connectivity index (χ2v) is 12.5. The first-order valence-corrected chi connectivity index (χ1v) is 16.0. The molecule has 10 nitrogen and oxygen atoms in total. The number of benzene rings is 4. The maximum atomic E-state index is 14.4. The molecule has 0 aliphatic rings. The predicted molar refractivity (Wildman–Crippen MR) is 173 cm³/mol. The number of amides is 2. The van der Waals surface area contributed by atoms with Crippen LogP contribution in [0.25, 0.3) is 0 Å². The van der Waals surface area contributed by atoms with Crippen molar-refractivity contribution in [2.75, 3.05) is 17.4 Å². The van der Waals surface area contributed by atoms with Crippen molar-refractivity contribution in [2.45, 2.75) is 44.2 Å². The number of rotatable bonds is 14. The molecule has 4 aromatic carbocycles. The summed E-state index contributed by atoms with van der Waals surface area (Å²) in [6, 6.07) is 28.5. The Hall–Kier alpha value is -5.03. The molecule has 0 aromatic heterocycles. The molecule has 0 spiro atoms. The third-order valence-corrected chi connectivity index (χ3v) is 9.04. The molecule has 0 bridgehead atoms. The lowest BCUT2D eigenvalue weighted by molar-refractivity contribution is -0.384. The maximum Gasteiger partial charge on any atom is 0.269 e. The van der Waals surface area contributed by atoms with Crippen molar-refractivity contribution in [3.63, 3.8) is 0 Å². The fourth-order valence-electron chi connectivity index (χ4n) is 4.80. The second kappa shape index (κ2) is 15.1. The molecular formula is C34H36N4O6S. The van der Waals surface area contributed by atoms with Crippen molar-refractivity contribution in [2.24, 2.45) is 0 Å². The quantitative estimate of drug-likeness (QED) is 0.150. The van der Waals surface area contributed by atoms with Crippen molar-refractivity contribution in [1.29, 1.82) is 0 Å². The molecule has 11 heteroatoms. The number of nitro groups is 1. The molecular weight excluding hydrogens is 592 g/mol. The zero-order valence-electron chi connectivity index (χ0n) is 25.2. The SMILES string of the molecule is CCCNC(=O)C(Cc1ccccc1)N(Cc1ccc(C)cc1)C(=O)CN(c1ccc([N+](=O)[O-])cc1)S(=O)(=O)c1ccccc1. The van der Waals surface area contributed by atoms with Gasteiger partial charge in [-0.05, 0) is 48.7 Å². The fourth-order valence-corrected chi connectivity index (χ4v) is 6.23. The van der Waals surface area contributed by atoms with Crippen LogP contribution < -0.4 is 9.62 Å². The number of aryl methyl sites for hydroxylation is 1. The van der Waals surface area contributed by atoms with Gasteiger partial charge in [0, 0.05) is 31.6 Å². The highest BCUT2D eigenvalue weighted by Crippen LogP contribution is 2.27. The largest absolute Gasteiger partial charge is 0.354 e. The van der Waals surface area contributed by atoms with Crippen LogP contribution in [0, 0.1) is 17.0 Å². The minimum Gasteiger partial charge on any atom is -0.354 e. The highest BCUT2D eigenvalue weighted by molar-refractivity contribution is 7.92. The number of nitrogens with one attached hydrogen (secondary N) is 1. The Morgan fingerprint density at radius 1 is 0.844 bits per heavy atom. The van der Waals surface area contributed by atoms with Crippen LogP contribution in [-0.4, -0.2) is 49.2 Å². The summed E-state index contributed by atoms with van der Waals surface area (Å²) in [7, 11) is -4.30. The first-order valence-electron chi connectivity index (χ1n) is 14.6. The maximum absolute atomic E-state index is 14.4. The van der Waals surface area contributed by atoms with Crippen LogP contribution in [0.3, 0.4) is 0 Å². The Balaban J connectivity index is 1.79. The van der Waals surface area contributed by atoms with E-state index in [2.05, 4.69) is 5.32 Å². The lowest BCUT2D eigenvalue weighted by Gasteiger charge is -2.34. The summed E-state index contributed by atoms with van der Waals surface area (Å²) < 4.78 is 28.9. The Morgan fingerprint density at radius 2 is 1.44 bits per heavy atom. The van der Waals surface area contributed by atoms with Crippen LogP contribution in [0.5, 0.6) is 0 Å². The Labute approximate surface area is 263 Å². The number of hydrogen-bond donors (Lipinski definition) is 1. The van der Waals surface area contributed by atoms with Crippen LogP contribution in [0.15, 0.2) is 114 Å². The van der Waals surface area contributed by atoms with E-state index in [-0.39, 0.29) is 35.1 Å². The minimum atomic E-state index is -4.30. The number of non-ortho nitro benzene ring substituents is 1. The molecule has 0 radical (unpaired) electrons. The van der Waals surface area contributed by atoms with Crippen molar-refractivity contribution >= 4 is 33.2 Å². The second-order valence-electron chi connectivity index (χ2n) is 10.6. The van der Waals surface area contributed by atoms with Crippen LogP contribution in [0.4, 0.5) is 11.4 Å². The van der Waals surface area contributed by atoms with Gasteiger partial charge < -0.3 is 10.2 Å². The topological polar surface area (TPSA) is 130 Å². The number of sulfonamides is 1. The number of hydrogen-bond acceptors (Lipinski definition) is 6. The highest BCUT2D eigenvalue weighted by atomic mass is 32.2. The van der Waals surface area contributed by atoms with E-state index in [1.165, 1.54) is 41.3 Å². The van der Waals surface area contributed by atoms with Gasteiger partial charge in [-0.2, -0.15) is 0 Å². The average Bonchev–Trinajstić information content (AvgIpc) is 3.05. The summed E-state index contributed by atoms with van der Waals surface area (Å²) in [5, 5.41) is 14.2. The number of anilines is 1. The van der Waals surface area contributed by atoms with E-state index in [1.54, 1.807) is 18.2 Å². The molecule has 45 heavy (non-hydrogen) atoms. The zero-order valence-corrected chi connectivity index (χ0v) is 26.0. The van der Waals surface area contributed by atoms with Gasteiger partial charge in [0.2, 0.25) is 11.8 Å². The summed E-state index contributed by atoms with van der Waals surface area (Å²) in [6.45, 7) is 3.69. The molecule has 1 atom stereocenters. The van der Waals surface area contributed by atoms with Crippen LogP contribution in [0.2, 0.25) is 0 Å². The average molecular weight is 629 g/mol. The number of carbonyl (C=O) groups is 2. The zero-order chi connectivity index (χ0) is 32.4. The number of carbonyl (C=O) groups excluding carboxylic acids is 2. The summed E-state index contributed by atoms with van der Waals surface area (Å²) in [4.78, 5) is 40.1. The standard InChI is InChI=1S/C34H36N4O6S/c1-3-22-35-34(40)32(23-27-10-6-4-7-11-27)36(24-28-16-14-26(2)15-17-28)33(39)25-37(29-18-20-30(21-19-29)38(41)42)45(43,44)31-12-8-5-9-13-31/h4-21,32H,3,22-25H2,1-2H3,(H,35,40). The van der Waals surface area contributed by atoms with Gasteiger partial charge in [0.25, 0.3) is 15.7 Å². The molecule has 0 saturated carbocycles. The van der Waals surface area contributed by atoms with E-state index in [0.717, 1.165) is 21.0 Å². The first kappa shape index (κ1) is 32.9. The van der Waals surface area contributed by atoms with Crippen LogP contribution >= 0.6 is 0 Å². The Bertz CT molecular complexity index is 1700. The minimum absolute atomic E-state index is 0.0512. The van der Waals surface area contributed by atoms with Gasteiger partial charge in [0.1, 0.15) is 12.6 Å². The molecule has 1 unspecified atom stereocenters. The van der Waals surface area contributed by atoms with Crippen LogP contribution in [0.1, 0.15) is 30.0 Å². The Morgan fingerprint density at radius 3 is 2.02 bits per heavy atom. The lowest BCUT2D eigenvalue weighted by Crippen LogP contribution is -2.53. The number of nitrogens with zero attached hydrogens (tertiary/aromatic N) is 3. The summed E-state index contributed by atoms with van der Waals surface area (Å²) in [5.41, 5.74) is 2.47. The third-order valence-electron chi connectivity index (χ3n) is 7.25. The van der Waals surface area contributed by atoms with Crippen molar-refractivity contribution < 1.29 is 22.9 Å². The smallest absolute Gasteiger partial charge is 0.269 e. The summed E-state index contributed by atoms with van der Waals surface area (Å²) >= 11 is 0. The molecule has 2 amide bonds. The normalized spacial score (nSPS) is 11.8. The predicted octanol–water partition coefficient (Wildman–Crippen LogP) is 5.26. The van der Waals surface area contributed by atoms with Gasteiger partial charge in [-0.1, -0.05) is 85.3 Å². The van der Waals surface area contributed by atoms with Crippen molar-refractivity contribution in [3.05, 3.63) is 136 Å². The molecule has 0 heterocycles. The van der Waals surface area contributed by atoms with E-state index in [1.807, 2.05) is 68.4 Å². The molecule has 0 fully saturated rings. The van der Waals surface area contributed by atoms with E-state index < -0.39 is 33.4 Å².